The van der Waals surface area contributed by atoms with Crippen molar-refractivity contribution in [1.82, 2.24) is 9.78 Å². The third-order valence-electron chi connectivity index (χ3n) is 6.31. The van der Waals surface area contributed by atoms with Gasteiger partial charge < -0.3 is 5.11 Å². The molecule has 3 heteroatoms. The van der Waals surface area contributed by atoms with Crippen molar-refractivity contribution in [2.24, 2.45) is 22.7 Å². The summed E-state index contributed by atoms with van der Waals surface area (Å²) in [5, 5.41) is 15.5. The van der Waals surface area contributed by atoms with Crippen molar-refractivity contribution in [2.45, 2.75) is 65.0 Å². The van der Waals surface area contributed by atoms with E-state index >= 15 is 0 Å². The molecule has 1 heterocycles. The predicted molar refractivity (Wildman–Crippen MR) is 78.1 cm³/mol. The van der Waals surface area contributed by atoms with Crippen LogP contribution >= 0.6 is 0 Å². The molecule has 0 amide bonds. The third-order valence-corrected chi connectivity index (χ3v) is 6.31. The molecule has 4 bridgehead atoms. The Balaban J connectivity index is 1.70. The van der Waals surface area contributed by atoms with Crippen LogP contribution in [-0.4, -0.2) is 14.9 Å². The van der Waals surface area contributed by atoms with Gasteiger partial charge in [0.2, 0.25) is 0 Å². The number of hydrogen-bond acceptors (Lipinski definition) is 2. The van der Waals surface area contributed by atoms with Crippen LogP contribution in [0.1, 0.15) is 64.2 Å². The van der Waals surface area contributed by atoms with Crippen molar-refractivity contribution in [3.63, 3.8) is 0 Å². The summed E-state index contributed by atoms with van der Waals surface area (Å²) in [6.07, 6.45) is 9.39. The van der Waals surface area contributed by atoms with Gasteiger partial charge in [-0.1, -0.05) is 6.92 Å². The van der Waals surface area contributed by atoms with Gasteiger partial charge in [-0.2, -0.15) is 5.10 Å². The predicted octanol–water partition coefficient (Wildman–Crippen LogP) is 3.54. The second-order valence-electron chi connectivity index (χ2n) is 8.11. The highest BCUT2D eigenvalue weighted by Crippen LogP contribution is 2.68. The van der Waals surface area contributed by atoms with E-state index in [9.17, 15) is 5.11 Å². The largest absolute Gasteiger partial charge is 0.386 e. The molecule has 20 heavy (non-hydrogen) atoms. The fraction of sp³-hybridized carbons (Fsp3) is 0.824. The Bertz CT molecular complexity index is 507. The molecule has 3 nitrogen and oxygen atoms in total. The first-order chi connectivity index (χ1) is 9.54. The van der Waals surface area contributed by atoms with Crippen molar-refractivity contribution in [3.8, 4) is 0 Å². The lowest BCUT2D eigenvalue weighted by molar-refractivity contribution is -0.156. The van der Waals surface area contributed by atoms with Crippen molar-refractivity contribution in [3.05, 3.63) is 18.0 Å². The molecule has 0 radical (unpaired) electrons. The van der Waals surface area contributed by atoms with E-state index in [4.69, 9.17) is 0 Å². The minimum atomic E-state index is -0.324. The number of aryl methyl sites for hydroxylation is 1. The maximum absolute atomic E-state index is 11.1. The Morgan fingerprint density at radius 2 is 2.05 bits per heavy atom. The monoisotopic (exact) mass is 274 g/mol. The molecule has 3 unspecified atom stereocenters. The molecular weight excluding hydrogens is 248 g/mol. The Hall–Kier alpha value is -0.830. The lowest BCUT2D eigenvalue weighted by Gasteiger charge is -2.62. The summed E-state index contributed by atoms with van der Waals surface area (Å²) in [5.74, 6) is 1.71. The SMILES string of the molecule is CCn1nccc1C(O)C12CC3CC(CC(C)(C3)C1)C2. The van der Waals surface area contributed by atoms with E-state index in [0.29, 0.717) is 5.41 Å². The standard InChI is InChI=1S/C17H26N2O/c1-3-19-14(4-5-18-19)15(20)17-9-12-6-13(10-17)8-16(2,7-12)11-17/h4-5,12-13,15,20H,3,6-11H2,1-2H3. The van der Waals surface area contributed by atoms with Gasteiger partial charge in [-0.05, 0) is 68.8 Å². The summed E-state index contributed by atoms with van der Waals surface area (Å²) in [7, 11) is 0. The maximum Gasteiger partial charge on any atom is 0.101 e. The number of aliphatic hydroxyl groups is 1. The van der Waals surface area contributed by atoms with Gasteiger partial charge >= 0.3 is 0 Å². The maximum atomic E-state index is 11.1. The summed E-state index contributed by atoms with van der Waals surface area (Å²) in [5.41, 5.74) is 1.66. The first kappa shape index (κ1) is 12.9. The van der Waals surface area contributed by atoms with Crippen molar-refractivity contribution in [1.29, 1.82) is 0 Å². The molecular formula is C17H26N2O. The molecule has 0 spiro atoms. The average Bonchev–Trinajstić information content (AvgIpc) is 2.82. The summed E-state index contributed by atoms with van der Waals surface area (Å²) in [4.78, 5) is 0. The normalized spacial score (nSPS) is 44.0. The van der Waals surface area contributed by atoms with Crippen LogP contribution in [0.3, 0.4) is 0 Å². The Morgan fingerprint density at radius 3 is 2.65 bits per heavy atom. The van der Waals surface area contributed by atoms with E-state index in [2.05, 4.69) is 18.9 Å². The zero-order chi connectivity index (χ0) is 14.0. The van der Waals surface area contributed by atoms with Gasteiger partial charge in [0.15, 0.2) is 0 Å². The number of aromatic nitrogens is 2. The molecule has 4 aliphatic rings. The first-order valence-electron chi connectivity index (χ1n) is 8.23. The van der Waals surface area contributed by atoms with Gasteiger partial charge in [-0.25, -0.2) is 0 Å². The highest BCUT2D eigenvalue weighted by Gasteiger charge is 2.58. The van der Waals surface area contributed by atoms with Crippen molar-refractivity contribution < 1.29 is 5.11 Å². The van der Waals surface area contributed by atoms with E-state index in [1.54, 1.807) is 0 Å². The van der Waals surface area contributed by atoms with E-state index in [1.807, 2.05) is 16.9 Å². The highest BCUT2D eigenvalue weighted by atomic mass is 16.3. The molecule has 3 atom stereocenters. The summed E-state index contributed by atoms with van der Waals surface area (Å²) in [6, 6.07) is 2.02. The average molecular weight is 274 g/mol. The fourth-order valence-electron chi connectivity index (χ4n) is 6.27. The van der Waals surface area contributed by atoms with Gasteiger partial charge in [-0.15, -0.1) is 0 Å². The molecule has 4 fully saturated rings. The van der Waals surface area contributed by atoms with Crippen LogP contribution < -0.4 is 0 Å². The number of rotatable bonds is 3. The third kappa shape index (κ3) is 1.71. The summed E-state index contributed by atoms with van der Waals surface area (Å²) >= 11 is 0. The number of aliphatic hydroxyl groups excluding tert-OH is 1. The zero-order valence-corrected chi connectivity index (χ0v) is 12.7. The van der Waals surface area contributed by atoms with Crippen LogP contribution in [0.15, 0.2) is 12.3 Å². The quantitative estimate of drug-likeness (QED) is 0.915. The van der Waals surface area contributed by atoms with Crippen LogP contribution in [0.4, 0.5) is 0 Å². The minimum Gasteiger partial charge on any atom is -0.386 e. The minimum absolute atomic E-state index is 0.131. The molecule has 1 N–H and O–H groups in total. The van der Waals surface area contributed by atoms with Crippen LogP contribution in [0.25, 0.3) is 0 Å². The molecule has 0 aliphatic heterocycles. The van der Waals surface area contributed by atoms with Gasteiger partial charge in [0.25, 0.3) is 0 Å². The lowest BCUT2D eigenvalue weighted by Crippen LogP contribution is -2.53. The highest BCUT2D eigenvalue weighted by molar-refractivity contribution is 5.16. The molecule has 4 aliphatic carbocycles. The molecule has 110 valence electrons. The fourth-order valence-corrected chi connectivity index (χ4v) is 6.27. The summed E-state index contributed by atoms with van der Waals surface area (Å²) < 4.78 is 1.98. The van der Waals surface area contributed by atoms with Gasteiger partial charge in [0, 0.05) is 18.2 Å². The van der Waals surface area contributed by atoms with E-state index in [-0.39, 0.29) is 11.5 Å². The van der Waals surface area contributed by atoms with E-state index in [1.165, 1.54) is 38.5 Å². The Morgan fingerprint density at radius 1 is 1.35 bits per heavy atom. The zero-order valence-electron chi connectivity index (χ0n) is 12.7. The first-order valence-corrected chi connectivity index (χ1v) is 8.23. The Labute approximate surface area is 121 Å². The van der Waals surface area contributed by atoms with Gasteiger partial charge in [-0.3, -0.25) is 4.68 Å². The van der Waals surface area contributed by atoms with Crippen molar-refractivity contribution in [2.75, 3.05) is 0 Å². The summed E-state index contributed by atoms with van der Waals surface area (Å²) in [6.45, 7) is 5.41. The van der Waals surface area contributed by atoms with Gasteiger partial charge in [0.1, 0.15) is 6.10 Å². The van der Waals surface area contributed by atoms with Gasteiger partial charge in [0.05, 0.1) is 5.69 Å². The molecule has 5 rings (SSSR count). The van der Waals surface area contributed by atoms with E-state index < -0.39 is 0 Å². The molecule has 0 aromatic carbocycles. The van der Waals surface area contributed by atoms with Crippen LogP contribution in [-0.2, 0) is 6.54 Å². The Kier molecular flexibility index (Phi) is 2.64. The van der Waals surface area contributed by atoms with Crippen LogP contribution in [0.2, 0.25) is 0 Å². The molecule has 4 saturated carbocycles. The molecule has 0 saturated heterocycles. The number of hydrogen-bond donors (Lipinski definition) is 1. The second kappa shape index (κ2) is 4.09. The topological polar surface area (TPSA) is 38.0 Å². The molecule has 1 aromatic rings. The lowest BCUT2D eigenvalue weighted by atomic mass is 9.43. The van der Waals surface area contributed by atoms with E-state index in [0.717, 1.165) is 24.1 Å². The smallest absolute Gasteiger partial charge is 0.101 e. The molecule has 1 aromatic heterocycles. The van der Waals surface area contributed by atoms with Crippen LogP contribution in [0.5, 0.6) is 0 Å². The number of nitrogens with zero attached hydrogens (tertiary/aromatic N) is 2. The van der Waals surface area contributed by atoms with Crippen molar-refractivity contribution >= 4 is 0 Å². The van der Waals surface area contributed by atoms with Crippen LogP contribution in [0, 0.1) is 22.7 Å². The second-order valence-corrected chi connectivity index (χ2v) is 8.11.